The number of Topliss-reactive ketones (excluding diaryl/α,β-unsaturated/α-hetero) is 1. The van der Waals surface area contributed by atoms with E-state index in [1.807, 2.05) is 24.3 Å². The Morgan fingerprint density at radius 2 is 1.88 bits per heavy atom. The third-order valence-electron chi connectivity index (χ3n) is 6.04. The molecule has 1 amide bonds. The van der Waals surface area contributed by atoms with Gasteiger partial charge in [-0.15, -0.1) is 0 Å². The van der Waals surface area contributed by atoms with Crippen LogP contribution in [0.5, 0.6) is 5.75 Å². The first-order chi connectivity index (χ1) is 16.0. The average molecular weight is 514 g/mol. The highest BCUT2D eigenvalue weighted by atomic mass is 79.9. The summed E-state index contributed by atoms with van der Waals surface area (Å²) < 4.78 is 12.4. The zero-order valence-electron chi connectivity index (χ0n) is 18.6. The number of ether oxygens (including phenoxy) is 2. The molecule has 2 saturated heterocycles. The molecular weight excluding hydrogens is 486 g/mol. The Morgan fingerprint density at radius 1 is 1.15 bits per heavy atom. The van der Waals surface area contributed by atoms with Crippen molar-refractivity contribution in [3.05, 3.63) is 69.7 Å². The van der Waals surface area contributed by atoms with E-state index in [0.717, 1.165) is 41.5 Å². The van der Waals surface area contributed by atoms with Crippen molar-refractivity contribution in [1.29, 1.82) is 0 Å². The fourth-order valence-electron chi connectivity index (χ4n) is 4.27. The summed E-state index contributed by atoms with van der Waals surface area (Å²) in [5, 5.41) is 11.1. The fourth-order valence-corrected chi connectivity index (χ4v) is 4.53. The Kier molecular flexibility index (Phi) is 7.50. The van der Waals surface area contributed by atoms with Crippen LogP contribution in [0.2, 0.25) is 0 Å². The Labute approximate surface area is 202 Å². The molecule has 2 aliphatic heterocycles. The molecule has 2 aromatic carbocycles. The number of unbranched alkanes of at least 4 members (excludes halogenated alkanes) is 1. The van der Waals surface area contributed by atoms with Crippen LogP contribution in [-0.4, -0.2) is 47.6 Å². The molecule has 2 heterocycles. The highest BCUT2D eigenvalue weighted by molar-refractivity contribution is 9.10. The number of nitrogens with zero attached hydrogens (tertiary/aromatic N) is 1. The molecule has 0 radical (unpaired) electrons. The van der Waals surface area contributed by atoms with E-state index in [0.29, 0.717) is 25.3 Å². The van der Waals surface area contributed by atoms with E-state index in [1.165, 1.54) is 4.90 Å². The molecule has 0 unspecified atom stereocenters. The van der Waals surface area contributed by atoms with Gasteiger partial charge in [-0.3, -0.25) is 9.59 Å². The minimum Gasteiger partial charge on any atom is -0.507 e. The molecule has 0 spiro atoms. The van der Waals surface area contributed by atoms with Gasteiger partial charge in [-0.05, 0) is 49.1 Å². The average Bonchev–Trinajstić information content (AvgIpc) is 3.42. The second kappa shape index (κ2) is 10.5. The number of aliphatic hydroxyl groups is 1. The predicted octanol–water partition coefficient (Wildman–Crippen LogP) is 5.23. The summed E-state index contributed by atoms with van der Waals surface area (Å²) in [5.41, 5.74) is 1.33. The molecule has 2 aliphatic rings. The number of rotatable bonds is 8. The Balaban J connectivity index is 1.72. The molecule has 1 N–H and O–H groups in total. The molecule has 33 heavy (non-hydrogen) atoms. The van der Waals surface area contributed by atoms with Crippen LogP contribution < -0.4 is 4.74 Å². The SMILES string of the molecule is CCCCOc1ccc([C@H]2C(=C(O)c3ccc(Br)cc3)C(=O)C(=O)N2C[C@@H]2CCCO2)cc1. The quantitative estimate of drug-likeness (QED) is 0.226. The number of halogens is 1. The van der Waals surface area contributed by atoms with Gasteiger partial charge < -0.3 is 19.5 Å². The van der Waals surface area contributed by atoms with E-state index in [9.17, 15) is 14.7 Å². The molecule has 4 rings (SSSR count). The molecule has 6 nitrogen and oxygen atoms in total. The summed E-state index contributed by atoms with van der Waals surface area (Å²) >= 11 is 3.38. The van der Waals surface area contributed by atoms with E-state index in [-0.39, 0.29) is 17.4 Å². The lowest BCUT2D eigenvalue weighted by atomic mass is 9.95. The Bertz CT molecular complexity index is 1030. The van der Waals surface area contributed by atoms with Crippen molar-refractivity contribution in [1.82, 2.24) is 4.90 Å². The number of carbonyl (C=O) groups excluding carboxylic acids is 2. The lowest BCUT2D eigenvalue weighted by Crippen LogP contribution is -2.36. The van der Waals surface area contributed by atoms with Gasteiger partial charge in [0.2, 0.25) is 0 Å². The number of hydrogen-bond acceptors (Lipinski definition) is 5. The largest absolute Gasteiger partial charge is 0.507 e. The number of amides is 1. The van der Waals surface area contributed by atoms with E-state index in [4.69, 9.17) is 9.47 Å². The zero-order chi connectivity index (χ0) is 23.4. The lowest BCUT2D eigenvalue weighted by Gasteiger charge is -2.27. The first-order valence-electron chi connectivity index (χ1n) is 11.4. The molecule has 0 saturated carbocycles. The minimum atomic E-state index is -0.692. The van der Waals surface area contributed by atoms with Gasteiger partial charge in [0.25, 0.3) is 11.7 Å². The van der Waals surface area contributed by atoms with Crippen molar-refractivity contribution in [2.45, 2.75) is 44.8 Å². The Morgan fingerprint density at radius 3 is 2.52 bits per heavy atom. The van der Waals surface area contributed by atoms with Gasteiger partial charge in [0.1, 0.15) is 11.5 Å². The van der Waals surface area contributed by atoms with Crippen molar-refractivity contribution in [2.24, 2.45) is 0 Å². The molecule has 0 bridgehead atoms. The third kappa shape index (κ3) is 5.14. The zero-order valence-corrected chi connectivity index (χ0v) is 20.2. The normalized spacial score (nSPS) is 22.2. The maximum Gasteiger partial charge on any atom is 0.295 e. The fraction of sp³-hybridized carbons (Fsp3) is 0.385. The van der Waals surface area contributed by atoms with Gasteiger partial charge in [-0.25, -0.2) is 0 Å². The maximum atomic E-state index is 13.1. The second-order valence-corrected chi connectivity index (χ2v) is 9.28. The van der Waals surface area contributed by atoms with Gasteiger partial charge in [0.15, 0.2) is 0 Å². The van der Waals surface area contributed by atoms with Gasteiger partial charge >= 0.3 is 0 Å². The summed E-state index contributed by atoms with van der Waals surface area (Å²) in [6.07, 6.45) is 3.67. The first-order valence-corrected chi connectivity index (χ1v) is 12.2. The van der Waals surface area contributed by atoms with Crippen LogP contribution in [0.15, 0.2) is 58.6 Å². The van der Waals surface area contributed by atoms with Crippen molar-refractivity contribution < 1.29 is 24.2 Å². The van der Waals surface area contributed by atoms with Gasteiger partial charge in [-0.2, -0.15) is 0 Å². The summed E-state index contributed by atoms with van der Waals surface area (Å²) in [5.74, 6) is -0.737. The van der Waals surface area contributed by atoms with Crippen molar-refractivity contribution in [3.63, 3.8) is 0 Å². The topological polar surface area (TPSA) is 76.1 Å². The van der Waals surface area contributed by atoms with Crippen LogP contribution in [0.4, 0.5) is 0 Å². The molecule has 2 aromatic rings. The van der Waals surface area contributed by atoms with E-state index in [2.05, 4.69) is 22.9 Å². The highest BCUT2D eigenvalue weighted by Crippen LogP contribution is 2.40. The van der Waals surface area contributed by atoms with Crippen molar-refractivity contribution >= 4 is 33.4 Å². The molecular formula is C26H28BrNO5. The highest BCUT2D eigenvalue weighted by Gasteiger charge is 2.47. The number of ketones is 1. The number of likely N-dealkylation sites (tertiary alicyclic amines) is 1. The molecule has 0 aromatic heterocycles. The number of aliphatic hydroxyl groups excluding tert-OH is 1. The van der Waals surface area contributed by atoms with E-state index < -0.39 is 17.7 Å². The minimum absolute atomic E-state index is 0.0972. The van der Waals surface area contributed by atoms with Gasteiger partial charge in [0, 0.05) is 23.2 Å². The molecule has 2 fully saturated rings. The number of benzene rings is 2. The Hall–Kier alpha value is -2.64. The third-order valence-corrected chi connectivity index (χ3v) is 6.57. The summed E-state index contributed by atoms with van der Waals surface area (Å²) in [7, 11) is 0. The predicted molar refractivity (Wildman–Crippen MR) is 129 cm³/mol. The van der Waals surface area contributed by atoms with Crippen molar-refractivity contribution in [3.8, 4) is 5.75 Å². The van der Waals surface area contributed by atoms with Crippen LogP contribution in [0.3, 0.4) is 0 Å². The van der Waals surface area contributed by atoms with Crippen LogP contribution in [0.25, 0.3) is 5.76 Å². The number of carbonyl (C=O) groups is 2. The summed E-state index contributed by atoms with van der Waals surface area (Å²) in [6, 6.07) is 13.7. The maximum absolute atomic E-state index is 13.1. The summed E-state index contributed by atoms with van der Waals surface area (Å²) in [6.45, 7) is 3.70. The molecule has 7 heteroatoms. The smallest absolute Gasteiger partial charge is 0.295 e. The first kappa shape index (κ1) is 23.5. The lowest BCUT2D eigenvalue weighted by molar-refractivity contribution is -0.140. The van der Waals surface area contributed by atoms with Gasteiger partial charge in [-0.1, -0.05) is 53.5 Å². The molecule has 0 aliphatic carbocycles. The summed E-state index contributed by atoms with van der Waals surface area (Å²) in [4.78, 5) is 27.7. The monoisotopic (exact) mass is 513 g/mol. The standard InChI is InChI=1S/C26H28BrNO5/c1-2-3-14-32-20-12-8-17(9-13-20)23-22(24(29)18-6-10-19(27)11-7-18)25(30)26(31)28(23)16-21-5-4-15-33-21/h6-13,21,23,29H,2-5,14-16H2,1H3/t21-,23-/m0/s1. The van der Waals surface area contributed by atoms with Crippen LogP contribution in [0.1, 0.15) is 49.8 Å². The molecule has 2 atom stereocenters. The van der Waals surface area contributed by atoms with E-state index in [1.54, 1.807) is 24.3 Å². The van der Waals surface area contributed by atoms with Crippen LogP contribution in [0, 0.1) is 0 Å². The van der Waals surface area contributed by atoms with Crippen LogP contribution in [-0.2, 0) is 14.3 Å². The van der Waals surface area contributed by atoms with E-state index >= 15 is 0 Å². The number of hydrogen-bond donors (Lipinski definition) is 1. The van der Waals surface area contributed by atoms with Crippen molar-refractivity contribution in [2.75, 3.05) is 19.8 Å². The van der Waals surface area contributed by atoms with Crippen LogP contribution >= 0.6 is 15.9 Å². The molecule has 174 valence electrons. The van der Waals surface area contributed by atoms with Gasteiger partial charge in [0.05, 0.1) is 24.3 Å². The second-order valence-electron chi connectivity index (χ2n) is 8.36.